The summed E-state index contributed by atoms with van der Waals surface area (Å²) < 4.78 is 0. The fraction of sp³-hybridized carbons (Fsp3) is 0.632. The van der Waals surface area contributed by atoms with Crippen molar-refractivity contribution in [1.82, 2.24) is 0 Å². The van der Waals surface area contributed by atoms with E-state index < -0.39 is 0 Å². The van der Waals surface area contributed by atoms with E-state index in [0.29, 0.717) is 5.41 Å². The lowest BCUT2D eigenvalue weighted by molar-refractivity contribution is 0.211. The molecule has 0 heteroatoms. The summed E-state index contributed by atoms with van der Waals surface area (Å²) in [5.41, 5.74) is 5.43. The minimum Gasteiger partial charge on any atom is -0.103 e. The maximum Gasteiger partial charge on any atom is -0.0280 e. The second kappa shape index (κ2) is 48.3. The summed E-state index contributed by atoms with van der Waals surface area (Å²) in [6.07, 6.45) is 17.1. The molecular formula is C38H78. The van der Waals surface area contributed by atoms with Gasteiger partial charge in [0.25, 0.3) is 0 Å². The molecule has 0 aromatic carbocycles. The highest BCUT2D eigenvalue weighted by Crippen LogP contribution is 2.34. The molecule has 0 nitrogen and oxygen atoms in total. The Kier molecular flexibility index (Phi) is 71.6. The molecule has 0 aliphatic heterocycles. The van der Waals surface area contributed by atoms with Gasteiger partial charge in [-0.3, -0.25) is 0 Å². The first-order chi connectivity index (χ1) is 17.1. The van der Waals surface area contributed by atoms with Crippen molar-refractivity contribution < 1.29 is 0 Å². The predicted octanol–water partition coefficient (Wildman–Crippen LogP) is 14.9. The Bertz CT molecular complexity index is 543. The summed E-state index contributed by atoms with van der Waals surface area (Å²) in [4.78, 5) is 0. The van der Waals surface area contributed by atoms with E-state index in [9.17, 15) is 0 Å². The Morgan fingerprint density at radius 1 is 0.763 bits per heavy atom. The summed E-state index contributed by atoms with van der Waals surface area (Å²) in [6.45, 7) is 49.9. The summed E-state index contributed by atoms with van der Waals surface area (Å²) in [7, 11) is 0. The molecule has 0 saturated heterocycles. The summed E-state index contributed by atoms with van der Waals surface area (Å²) in [5, 5.41) is 0. The molecule has 230 valence electrons. The second-order valence-corrected chi connectivity index (χ2v) is 9.81. The lowest BCUT2D eigenvalue weighted by atomic mass is 9.75. The van der Waals surface area contributed by atoms with Crippen LogP contribution in [0.3, 0.4) is 0 Å². The van der Waals surface area contributed by atoms with Gasteiger partial charge in [-0.05, 0) is 86.5 Å². The fourth-order valence-electron chi connectivity index (χ4n) is 2.56. The van der Waals surface area contributed by atoms with Gasteiger partial charge in [-0.15, -0.1) is 13.2 Å². The molecule has 0 aliphatic rings. The number of hydrogen-bond acceptors (Lipinski definition) is 0. The Balaban J connectivity index is -0.0000000546. The Labute approximate surface area is 246 Å². The first-order valence-corrected chi connectivity index (χ1v) is 14.5. The van der Waals surface area contributed by atoms with E-state index in [1.54, 1.807) is 6.08 Å². The lowest BCUT2D eigenvalue weighted by Gasteiger charge is -2.30. The summed E-state index contributed by atoms with van der Waals surface area (Å²) in [5.74, 6) is 0.831. The van der Waals surface area contributed by atoms with Gasteiger partial charge in [0, 0.05) is 0 Å². The molecule has 1 unspecified atom stereocenters. The largest absolute Gasteiger partial charge is 0.103 e. The fourth-order valence-corrected chi connectivity index (χ4v) is 2.56. The number of allylic oxidation sites excluding steroid dienone is 10. The van der Waals surface area contributed by atoms with Gasteiger partial charge in [-0.1, -0.05) is 148 Å². The third kappa shape index (κ3) is 83.9. The highest BCUT2D eigenvalue weighted by molar-refractivity contribution is 5.15. The van der Waals surface area contributed by atoms with Gasteiger partial charge in [0.15, 0.2) is 0 Å². The van der Waals surface area contributed by atoms with Crippen molar-refractivity contribution in [3.05, 3.63) is 85.1 Å². The van der Waals surface area contributed by atoms with Crippen molar-refractivity contribution in [1.29, 1.82) is 0 Å². The lowest BCUT2D eigenvalue weighted by Crippen LogP contribution is -2.20. The van der Waals surface area contributed by atoms with E-state index in [2.05, 4.69) is 86.9 Å². The molecule has 0 bridgehead atoms. The first kappa shape index (κ1) is 56.4. The van der Waals surface area contributed by atoms with E-state index in [1.165, 1.54) is 42.4 Å². The topological polar surface area (TPSA) is 0 Å². The van der Waals surface area contributed by atoms with Gasteiger partial charge in [-0.2, -0.15) is 0 Å². The zero-order valence-electron chi connectivity index (χ0n) is 29.2. The minimum absolute atomic E-state index is 0. The third-order valence-electron chi connectivity index (χ3n) is 4.14. The standard InChI is InChI=1S/C15H28.C7H12.2C4H8.C3H6.2C2H6.CH4/c1-7-10-14(15(4,5)6)12-11-13(8-2)9-3;1-6(2)5-7(3)4;1-4(2)3;1-3-4-2;1-3-2;2*1-2;/h8-9,14H,2,7,10-12H2,1,3-6H3;5H,1H2,2-4H3;1H2,2-3H3;3-4H,1-2H3;3H,1H2,2H3;2*1-2H3;1H4/b13-9+;;;4-3-;;;;. The van der Waals surface area contributed by atoms with Crippen LogP contribution in [-0.2, 0) is 0 Å². The third-order valence-corrected chi connectivity index (χ3v) is 4.14. The van der Waals surface area contributed by atoms with Crippen LogP contribution < -0.4 is 0 Å². The molecule has 0 aromatic heterocycles. The van der Waals surface area contributed by atoms with Gasteiger partial charge >= 0.3 is 0 Å². The van der Waals surface area contributed by atoms with Crippen LogP contribution in [0, 0.1) is 11.3 Å². The SMILES string of the molecule is C.C/C=C\C.C=C(C)C.C=C(C)C=C(C)C.C=C/C(=C\C)CCC(CCC)C(C)(C)C.C=CC.CC.CC. The molecule has 0 saturated carbocycles. The van der Waals surface area contributed by atoms with Gasteiger partial charge in [0.1, 0.15) is 0 Å². The zero-order valence-corrected chi connectivity index (χ0v) is 29.2. The molecule has 1 atom stereocenters. The van der Waals surface area contributed by atoms with E-state index >= 15 is 0 Å². The maximum atomic E-state index is 3.85. The van der Waals surface area contributed by atoms with Gasteiger partial charge < -0.3 is 0 Å². The van der Waals surface area contributed by atoms with Crippen LogP contribution in [0.4, 0.5) is 0 Å². The van der Waals surface area contributed by atoms with Crippen LogP contribution in [0.5, 0.6) is 0 Å². The highest BCUT2D eigenvalue weighted by atomic mass is 14.3. The second-order valence-electron chi connectivity index (χ2n) is 9.81. The molecule has 0 rings (SSSR count). The van der Waals surface area contributed by atoms with Gasteiger partial charge in [-0.25, -0.2) is 0 Å². The predicted molar refractivity (Wildman–Crippen MR) is 192 cm³/mol. The van der Waals surface area contributed by atoms with Crippen LogP contribution in [0.1, 0.15) is 151 Å². The zero-order chi connectivity index (χ0) is 31.5. The molecule has 0 radical (unpaired) electrons. The summed E-state index contributed by atoms with van der Waals surface area (Å²) in [6, 6.07) is 0. The van der Waals surface area contributed by atoms with Crippen LogP contribution >= 0.6 is 0 Å². The molecule has 0 N–H and O–H groups in total. The van der Waals surface area contributed by atoms with E-state index in [4.69, 9.17) is 0 Å². The van der Waals surface area contributed by atoms with Crippen molar-refractivity contribution >= 4 is 0 Å². The molecule has 0 spiro atoms. The van der Waals surface area contributed by atoms with Crippen molar-refractivity contribution in [2.24, 2.45) is 11.3 Å². The molecule has 0 aromatic rings. The molecule has 0 amide bonds. The first-order valence-electron chi connectivity index (χ1n) is 14.5. The van der Waals surface area contributed by atoms with E-state index in [1.807, 2.05) is 87.5 Å². The molecule has 0 aliphatic carbocycles. The Morgan fingerprint density at radius 3 is 1.24 bits per heavy atom. The molecular weight excluding hydrogens is 456 g/mol. The van der Waals surface area contributed by atoms with Crippen LogP contribution in [-0.4, -0.2) is 0 Å². The quantitative estimate of drug-likeness (QED) is 0.225. The van der Waals surface area contributed by atoms with Crippen LogP contribution in [0.2, 0.25) is 0 Å². The number of hydrogen-bond donors (Lipinski definition) is 0. The highest BCUT2D eigenvalue weighted by Gasteiger charge is 2.23. The van der Waals surface area contributed by atoms with Crippen LogP contribution in [0.25, 0.3) is 0 Å². The average molecular weight is 535 g/mol. The number of rotatable bonds is 7. The van der Waals surface area contributed by atoms with Gasteiger partial charge in [0.2, 0.25) is 0 Å². The Morgan fingerprint density at radius 2 is 1.11 bits per heavy atom. The van der Waals surface area contributed by atoms with E-state index in [-0.39, 0.29) is 7.43 Å². The minimum atomic E-state index is 0. The van der Waals surface area contributed by atoms with Gasteiger partial charge in [0.05, 0.1) is 0 Å². The van der Waals surface area contributed by atoms with Crippen molar-refractivity contribution in [3.8, 4) is 0 Å². The van der Waals surface area contributed by atoms with E-state index in [0.717, 1.165) is 11.5 Å². The maximum absolute atomic E-state index is 3.85. The van der Waals surface area contributed by atoms with Crippen LogP contribution in [0.15, 0.2) is 85.1 Å². The molecule has 38 heavy (non-hydrogen) atoms. The van der Waals surface area contributed by atoms with Crippen molar-refractivity contribution in [3.63, 3.8) is 0 Å². The monoisotopic (exact) mass is 535 g/mol. The smallest absolute Gasteiger partial charge is 0.0280 e. The van der Waals surface area contributed by atoms with Crippen molar-refractivity contribution in [2.75, 3.05) is 0 Å². The molecule has 0 fully saturated rings. The normalized spacial score (nSPS) is 9.76. The summed E-state index contributed by atoms with van der Waals surface area (Å²) >= 11 is 0. The Hall–Kier alpha value is -1.82. The molecule has 0 heterocycles. The van der Waals surface area contributed by atoms with Crippen molar-refractivity contribution in [2.45, 2.75) is 151 Å². The average Bonchev–Trinajstić information content (AvgIpc) is 2.81.